The van der Waals surface area contributed by atoms with Crippen LogP contribution in [-0.2, 0) is 6.54 Å². The number of hydrogen-bond acceptors (Lipinski definition) is 2. The van der Waals surface area contributed by atoms with Crippen LogP contribution in [0.25, 0.3) is 0 Å². The molecule has 18 heavy (non-hydrogen) atoms. The van der Waals surface area contributed by atoms with Gasteiger partial charge in [-0.15, -0.1) is 0 Å². The Bertz CT molecular complexity index is 397. The predicted octanol–water partition coefficient (Wildman–Crippen LogP) is 3.05. The predicted molar refractivity (Wildman–Crippen MR) is 73.4 cm³/mol. The summed E-state index contributed by atoms with van der Waals surface area (Å²) in [5.74, 6) is -0.229. The highest BCUT2D eigenvalue weighted by atomic mass is 35.5. The molecule has 2 rings (SSSR count). The molecule has 1 heterocycles. The fourth-order valence-electron chi connectivity index (χ4n) is 2.59. The number of benzene rings is 1. The fourth-order valence-corrected chi connectivity index (χ4v) is 2.78. The SMILES string of the molecule is CCN1CCCC1CNCc1cc(F)ccc1Cl. The molecular weight excluding hydrogens is 251 g/mol. The van der Waals surface area contributed by atoms with Gasteiger partial charge in [-0.2, -0.15) is 0 Å². The van der Waals surface area contributed by atoms with Crippen molar-refractivity contribution in [1.29, 1.82) is 0 Å². The van der Waals surface area contributed by atoms with E-state index in [2.05, 4.69) is 17.1 Å². The Morgan fingerprint density at radius 3 is 3.11 bits per heavy atom. The van der Waals surface area contributed by atoms with Crippen LogP contribution < -0.4 is 5.32 Å². The molecule has 0 amide bonds. The van der Waals surface area contributed by atoms with Crippen LogP contribution in [0.5, 0.6) is 0 Å². The number of likely N-dealkylation sites (N-methyl/N-ethyl adjacent to an activating group) is 1. The number of hydrogen-bond donors (Lipinski definition) is 1. The normalized spacial score (nSPS) is 20.5. The topological polar surface area (TPSA) is 15.3 Å². The van der Waals surface area contributed by atoms with Gasteiger partial charge < -0.3 is 5.32 Å². The Hall–Kier alpha value is -0.640. The van der Waals surface area contributed by atoms with Gasteiger partial charge in [0.15, 0.2) is 0 Å². The summed E-state index contributed by atoms with van der Waals surface area (Å²) in [7, 11) is 0. The van der Waals surface area contributed by atoms with E-state index in [4.69, 9.17) is 11.6 Å². The van der Waals surface area contributed by atoms with E-state index in [-0.39, 0.29) is 5.82 Å². The minimum Gasteiger partial charge on any atom is -0.311 e. The zero-order valence-corrected chi connectivity index (χ0v) is 11.5. The molecule has 1 unspecified atom stereocenters. The first kappa shape index (κ1) is 13.8. The molecular formula is C14H20ClFN2. The van der Waals surface area contributed by atoms with Gasteiger partial charge in [-0.1, -0.05) is 18.5 Å². The average Bonchev–Trinajstić information content (AvgIpc) is 2.81. The summed E-state index contributed by atoms with van der Waals surface area (Å²) in [6.45, 7) is 6.07. The minimum atomic E-state index is -0.229. The van der Waals surface area contributed by atoms with E-state index in [1.54, 1.807) is 6.07 Å². The molecule has 1 atom stereocenters. The van der Waals surface area contributed by atoms with Gasteiger partial charge in [-0.05, 0) is 49.7 Å². The van der Waals surface area contributed by atoms with E-state index < -0.39 is 0 Å². The van der Waals surface area contributed by atoms with Crippen molar-refractivity contribution in [2.24, 2.45) is 0 Å². The summed E-state index contributed by atoms with van der Waals surface area (Å²) in [6, 6.07) is 5.12. The third kappa shape index (κ3) is 3.44. The van der Waals surface area contributed by atoms with Crippen molar-refractivity contribution in [3.63, 3.8) is 0 Å². The molecule has 4 heteroatoms. The summed E-state index contributed by atoms with van der Waals surface area (Å²) >= 11 is 6.03. The van der Waals surface area contributed by atoms with Gasteiger partial charge in [0.1, 0.15) is 5.82 Å². The summed E-state index contributed by atoms with van der Waals surface area (Å²) in [4.78, 5) is 2.49. The molecule has 0 saturated carbocycles. The molecule has 2 nitrogen and oxygen atoms in total. The molecule has 0 radical (unpaired) electrons. The van der Waals surface area contributed by atoms with Gasteiger partial charge in [0, 0.05) is 24.2 Å². The molecule has 1 aromatic carbocycles. The van der Waals surface area contributed by atoms with Gasteiger partial charge in [0.05, 0.1) is 0 Å². The first-order chi connectivity index (χ1) is 8.70. The number of rotatable bonds is 5. The van der Waals surface area contributed by atoms with E-state index in [9.17, 15) is 4.39 Å². The second kappa shape index (κ2) is 6.50. The van der Waals surface area contributed by atoms with Gasteiger partial charge in [-0.25, -0.2) is 4.39 Å². The summed E-state index contributed by atoms with van der Waals surface area (Å²) in [5, 5.41) is 4.01. The molecule has 1 N–H and O–H groups in total. The van der Waals surface area contributed by atoms with Crippen molar-refractivity contribution < 1.29 is 4.39 Å². The summed E-state index contributed by atoms with van der Waals surface area (Å²) in [5.41, 5.74) is 0.831. The number of nitrogens with one attached hydrogen (secondary N) is 1. The van der Waals surface area contributed by atoms with E-state index in [0.29, 0.717) is 17.6 Å². The molecule has 1 aromatic rings. The Morgan fingerprint density at radius 1 is 1.50 bits per heavy atom. The third-order valence-corrected chi connectivity index (χ3v) is 3.98. The fraction of sp³-hybridized carbons (Fsp3) is 0.571. The lowest BCUT2D eigenvalue weighted by Gasteiger charge is -2.23. The van der Waals surface area contributed by atoms with Crippen molar-refractivity contribution >= 4 is 11.6 Å². The Balaban J connectivity index is 1.83. The highest BCUT2D eigenvalue weighted by molar-refractivity contribution is 6.31. The molecule has 100 valence electrons. The van der Waals surface area contributed by atoms with Crippen LogP contribution >= 0.6 is 11.6 Å². The van der Waals surface area contributed by atoms with Gasteiger partial charge >= 0.3 is 0 Å². The number of halogens is 2. The second-order valence-corrected chi connectivity index (χ2v) is 5.20. The molecule has 0 aliphatic carbocycles. The quantitative estimate of drug-likeness (QED) is 0.885. The average molecular weight is 271 g/mol. The first-order valence-electron chi connectivity index (χ1n) is 6.59. The van der Waals surface area contributed by atoms with Crippen molar-refractivity contribution in [3.8, 4) is 0 Å². The third-order valence-electron chi connectivity index (χ3n) is 3.61. The van der Waals surface area contributed by atoms with Gasteiger partial charge in [-0.3, -0.25) is 4.90 Å². The van der Waals surface area contributed by atoms with Crippen molar-refractivity contribution in [2.45, 2.75) is 32.4 Å². The van der Waals surface area contributed by atoms with Crippen LogP contribution in [0.1, 0.15) is 25.3 Å². The molecule has 1 aliphatic heterocycles. The first-order valence-corrected chi connectivity index (χ1v) is 6.97. The summed E-state index contributed by atoms with van der Waals surface area (Å²) in [6.07, 6.45) is 2.53. The van der Waals surface area contributed by atoms with Crippen LogP contribution in [0.2, 0.25) is 5.02 Å². The lowest BCUT2D eigenvalue weighted by atomic mass is 10.2. The van der Waals surface area contributed by atoms with Gasteiger partial charge in [0.25, 0.3) is 0 Å². The number of likely N-dealkylation sites (tertiary alicyclic amines) is 1. The van der Waals surface area contributed by atoms with Crippen LogP contribution in [0, 0.1) is 5.82 Å². The smallest absolute Gasteiger partial charge is 0.123 e. The zero-order valence-electron chi connectivity index (χ0n) is 10.8. The highest BCUT2D eigenvalue weighted by Crippen LogP contribution is 2.18. The van der Waals surface area contributed by atoms with E-state index in [1.807, 2.05) is 0 Å². The van der Waals surface area contributed by atoms with Crippen LogP contribution in [-0.4, -0.2) is 30.6 Å². The standard InChI is InChI=1S/C14H20ClFN2/c1-2-18-7-3-4-13(18)10-17-9-11-8-12(16)5-6-14(11)15/h5-6,8,13,17H,2-4,7,9-10H2,1H3. The Kier molecular flexibility index (Phi) is 4.98. The molecule has 1 fully saturated rings. The Morgan fingerprint density at radius 2 is 2.33 bits per heavy atom. The zero-order chi connectivity index (χ0) is 13.0. The highest BCUT2D eigenvalue weighted by Gasteiger charge is 2.22. The van der Waals surface area contributed by atoms with E-state index in [1.165, 1.54) is 31.5 Å². The van der Waals surface area contributed by atoms with Crippen LogP contribution in [0.3, 0.4) is 0 Å². The van der Waals surface area contributed by atoms with Crippen LogP contribution in [0.15, 0.2) is 18.2 Å². The molecule has 0 aromatic heterocycles. The molecule has 1 saturated heterocycles. The maximum Gasteiger partial charge on any atom is 0.123 e. The lowest BCUT2D eigenvalue weighted by Crippen LogP contribution is -2.37. The minimum absolute atomic E-state index is 0.229. The molecule has 1 aliphatic rings. The molecule has 0 spiro atoms. The molecule has 0 bridgehead atoms. The van der Waals surface area contributed by atoms with Crippen molar-refractivity contribution in [3.05, 3.63) is 34.6 Å². The summed E-state index contributed by atoms with van der Waals surface area (Å²) < 4.78 is 13.1. The number of nitrogens with zero attached hydrogens (tertiary/aromatic N) is 1. The van der Waals surface area contributed by atoms with E-state index in [0.717, 1.165) is 18.7 Å². The maximum absolute atomic E-state index is 13.1. The van der Waals surface area contributed by atoms with Crippen LogP contribution in [0.4, 0.5) is 4.39 Å². The lowest BCUT2D eigenvalue weighted by molar-refractivity contribution is 0.260. The van der Waals surface area contributed by atoms with Crippen molar-refractivity contribution in [1.82, 2.24) is 10.2 Å². The van der Waals surface area contributed by atoms with Gasteiger partial charge in [0.2, 0.25) is 0 Å². The van der Waals surface area contributed by atoms with Crippen molar-refractivity contribution in [2.75, 3.05) is 19.6 Å². The second-order valence-electron chi connectivity index (χ2n) is 4.79. The van der Waals surface area contributed by atoms with E-state index >= 15 is 0 Å². The Labute approximate surface area is 113 Å². The maximum atomic E-state index is 13.1. The largest absolute Gasteiger partial charge is 0.311 e. The monoisotopic (exact) mass is 270 g/mol.